The van der Waals surface area contributed by atoms with Crippen molar-refractivity contribution in [2.24, 2.45) is 0 Å². The van der Waals surface area contributed by atoms with Crippen LogP contribution in [-0.2, 0) is 17.6 Å². The van der Waals surface area contributed by atoms with Gasteiger partial charge in [0, 0.05) is 16.8 Å². The van der Waals surface area contributed by atoms with Crippen molar-refractivity contribution in [1.82, 2.24) is 0 Å². The number of methoxy groups -OCH3 is 1. The lowest BCUT2D eigenvalue weighted by Crippen LogP contribution is -2.15. The quantitative estimate of drug-likeness (QED) is 0.829. The molecule has 0 atom stereocenters. The number of Topliss-reactive ketones (excluding diaryl/α,β-unsaturated/α-hetero) is 1. The van der Waals surface area contributed by atoms with E-state index in [1.165, 1.54) is 14.0 Å². The molecule has 1 N–H and O–H groups in total. The lowest BCUT2D eigenvalue weighted by atomic mass is 10.0. The summed E-state index contributed by atoms with van der Waals surface area (Å²) in [7, 11) is 1.53. The molecule has 5 heteroatoms. The van der Waals surface area contributed by atoms with Gasteiger partial charge in [0.1, 0.15) is 5.75 Å². The number of rotatable bonds is 6. The number of benzene rings is 2. The third kappa shape index (κ3) is 4.43. The molecule has 0 saturated heterocycles. The van der Waals surface area contributed by atoms with E-state index in [4.69, 9.17) is 10.00 Å². The molecule has 0 bridgehead atoms. The lowest BCUT2D eigenvalue weighted by Gasteiger charge is -2.10. The van der Waals surface area contributed by atoms with Gasteiger partial charge < -0.3 is 10.1 Å². The van der Waals surface area contributed by atoms with E-state index in [0.29, 0.717) is 29.0 Å². The first-order chi connectivity index (χ1) is 11.5. The fourth-order valence-corrected chi connectivity index (χ4v) is 2.31. The summed E-state index contributed by atoms with van der Waals surface area (Å²) in [4.78, 5) is 23.7. The predicted octanol–water partition coefficient (Wildman–Crippen LogP) is 3.15. The van der Waals surface area contributed by atoms with Crippen molar-refractivity contribution in [1.29, 1.82) is 5.26 Å². The maximum absolute atomic E-state index is 12.2. The number of hydrogen-bond donors (Lipinski definition) is 1. The molecule has 122 valence electrons. The number of nitrogens with one attached hydrogen (secondary N) is 1. The van der Waals surface area contributed by atoms with Crippen LogP contribution in [0.5, 0.6) is 5.75 Å². The summed E-state index contributed by atoms with van der Waals surface area (Å²) in [6.45, 7) is 1.48. The van der Waals surface area contributed by atoms with Crippen LogP contribution in [-0.4, -0.2) is 18.8 Å². The lowest BCUT2D eigenvalue weighted by molar-refractivity contribution is -0.115. The van der Waals surface area contributed by atoms with Crippen LogP contribution < -0.4 is 10.1 Å². The van der Waals surface area contributed by atoms with Gasteiger partial charge in [-0.2, -0.15) is 5.26 Å². The number of carbonyl (C=O) groups excluding carboxylic acids is 2. The first-order valence-electron chi connectivity index (χ1n) is 7.47. The van der Waals surface area contributed by atoms with Gasteiger partial charge in [0.25, 0.3) is 0 Å². The average molecular weight is 322 g/mol. The molecule has 0 fully saturated rings. The van der Waals surface area contributed by atoms with E-state index in [1.807, 2.05) is 0 Å². The van der Waals surface area contributed by atoms with Crippen LogP contribution >= 0.6 is 0 Å². The highest BCUT2D eigenvalue weighted by molar-refractivity contribution is 5.96. The smallest absolute Gasteiger partial charge is 0.228 e. The molecule has 0 radical (unpaired) electrons. The highest BCUT2D eigenvalue weighted by atomic mass is 16.5. The molecule has 0 saturated carbocycles. The molecule has 0 heterocycles. The van der Waals surface area contributed by atoms with Gasteiger partial charge in [-0.3, -0.25) is 9.59 Å². The van der Waals surface area contributed by atoms with Gasteiger partial charge in [-0.15, -0.1) is 0 Å². The number of ketones is 1. The van der Waals surface area contributed by atoms with Gasteiger partial charge >= 0.3 is 0 Å². The number of ether oxygens (including phenoxy) is 1. The fourth-order valence-electron chi connectivity index (χ4n) is 2.31. The van der Waals surface area contributed by atoms with Gasteiger partial charge in [-0.1, -0.05) is 12.1 Å². The number of amides is 1. The van der Waals surface area contributed by atoms with E-state index in [2.05, 4.69) is 11.4 Å². The SMILES string of the molecule is COc1ccc(C(C)=O)cc1CC(=O)Nc1ccc(CC#N)cc1. The molecule has 0 aliphatic rings. The van der Waals surface area contributed by atoms with E-state index >= 15 is 0 Å². The fraction of sp³-hybridized carbons (Fsp3) is 0.211. The number of anilines is 1. The zero-order chi connectivity index (χ0) is 17.5. The van der Waals surface area contributed by atoms with Crippen molar-refractivity contribution >= 4 is 17.4 Å². The van der Waals surface area contributed by atoms with E-state index in [9.17, 15) is 9.59 Å². The van der Waals surface area contributed by atoms with Gasteiger partial charge in [0.05, 0.1) is 26.0 Å². The Kier molecular flexibility index (Phi) is 5.69. The molecule has 24 heavy (non-hydrogen) atoms. The minimum atomic E-state index is -0.206. The summed E-state index contributed by atoms with van der Waals surface area (Å²) in [5, 5.41) is 11.5. The molecule has 2 aromatic rings. The normalized spacial score (nSPS) is 9.88. The van der Waals surface area contributed by atoms with Gasteiger partial charge in [0.2, 0.25) is 5.91 Å². The Morgan fingerprint density at radius 3 is 2.46 bits per heavy atom. The van der Waals surface area contributed by atoms with Crippen LogP contribution in [0, 0.1) is 11.3 Å². The van der Waals surface area contributed by atoms with Gasteiger partial charge in [-0.05, 0) is 42.8 Å². The van der Waals surface area contributed by atoms with Crippen molar-refractivity contribution in [2.75, 3.05) is 12.4 Å². The van der Waals surface area contributed by atoms with Crippen molar-refractivity contribution in [2.45, 2.75) is 19.8 Å². The molecule has 0 aromatic heterocycles. The maximum atomic E-state index is 12.2. The molecule has 1 amide bonds. The Balaban J connectivity index is 2.10. The van der Waals surface area contributed by atoms with E-state index in [0.717, 1.165) is 5.56 Å². The van der Waals surface area contributed by atoms with Crippen molar-refractivity contribution in [3.8, 4) is 11.8 Å². The second kappa shape index (κ2) is 7.93. The summed E-state index contributed by atoms with van der Waals surface area (Å²) in [6, 6.07) is 14.2. The number of nitrogens with zero attached hydrogens (tertiary/aromatic N) is 1. The number of hydrogen-bond acceptors (Lipinski definition) is 4. The molecule has 2 rings (SSSR count). The van der Waals surface area contributed by atoms with Crippen molar-refractivity contribution < 1.29 is 14.3 Å². The summed E-state index contributed by atoms with van der Waals surface area (Å²) in [5.74, 6) is 0.300. The van der Waals surface area contributed by atoms with Crippen molar-refractivity contribution in [3.05, 3.63) is 59.2 Å². The van der Waals surface area contributed by atoms with E-state index in [-0.39, 0.29) is 18.1 Å². The van der Waals surface area contributed by atoms with Crippen LogP contribution in [0.3, 0.4) is 0 Å². The zero-order valence-corrected chi connectivity index (χ0v) is 13.6. The zero-order valence-electron chi connectivity index (χ0n) is 13.6. The van der Waals surface area contributed by atoms with Crippen LogP contribution in [0.15, 0.2) is 42.5 Å². The monoisotopic (exact) mass is 322 g/mol. The summed E-state index contributed by atoms with van der Waals surface area (Å²) in [5.41, 5.74) is 2.75. The standard InChI is InChI=1S/C19H18N2O3/c1-13(22)15-5-8-18(24-2)16(11-15)12-19(23)21-17-6-3-14(4-7-17)9-10-20/h3-8,11H,9,12H2,1-2H3,(H,21,23). The molecular weight excluding hydrogens is 304 g/mol. The topological polar surface area (TPSA) is 79.2 Å². The van der Waals surface area contributed by atoms with E-state index < -0.39 is 0 Å². The second-order valence-corrected chi connectivity index (χ2v) is 5.34. The molecule has 2 aromatic carbocycles. The number of nitriles is 1. The van der Waals surface area contributed by atoms with Crippen LogP contribution in [0.25, 0.3) is 0 Å². The highest BCUT2D eigenvalue weighted by Crippen LogP contribution is 2.21. The van der Waals surface area contributed by atoms with Crippen LogP contribution in [0.2, 0.25) is 0 Å². The Hall–Kier alpha value is -3.13. The van der Waals surface area contributed by atoms with Crippen LogP contribution in [0.4, 0.5) is 5.69 Å². The molecule has 0 aliphatic carbocycles. The molecule has 5 nitrogen and oxygen atoms in total. The minimum absolute atomic E-state index is 0.0626. The first-order valence-corrected chi connectivity index (χ1v) is 7.47. The summed E-state index contributed by atoms with van der Waals surface area (Å²) < 4.78 is 5.25. The van der Waals surface area contributed by atoms with Crippen molar-refractivity contribution in [3.63, 3.8) is 0 Å². The average Bonchev–Trinajstić information content (AvgIpc) is 2.56. The summed E-state index contributed by atoms with van der Waals surface area (Å²) in [6.07, 6.45) is 0.438. The Bertz CT molecular complexity index is 789. The molecule has 0 spiro atoms. The molecule has 0 unspecified atom stereocenters. The molecule has 0 aliphatic heterocycles. The molecular formula is C19H18N2O3. The van der Waals surface area contributed by atoms with Gasteiger partial charge in [0.15, 0.2) is 5.78 Å². The Morgan fingerprint density at radius 1 is 1.17 bits per heavy atom. The van der Waals surface area contributed by atoms with E-state index in [1.54, 1.807) is 42.5 Å². The predicted molar refractivity (Wildman–Crippen MR) is 91.1 cm³/mol. The maximum Gasteiger partial charge on any atom is 0.228 e. The Labute approximate surface area is 140 Å². The number of carbonyl (C=O) groups is 2. The largest absolute Gasteiger partial charge is 0.496 e. The minimum Gasteiger partial charge on any atom is -0.496 e. The first kappa shape index (κ1) is 17.2. The van der Waals surface area contributed by atoms with Gasteiger partial charge in [-0.25, -0.2) is 0 Å². The summed E-state index contributed by atoms with van der Waals surface area (Å²) >= 11 is 0. The Morgan fingerprint density at radius 2 is 1.88 bits per heavy atom. The van der Waals surface area contributed by atoms with Crippen LogP contribution in [0.1, 0.15) is 28.4 Å². The highest BCUT2D eigenvalue weighted by Gasteiger charge is 2.12. The second-order valence-electron chi connectivity index (χ2n) is 5.34. The third-order valence-corrected chi connectivity index (χ3v) is 3.56. The third-order valence-electron chi connectivity index (χ3n) is 3.56.